The first-order valence-corrected chi connectivity index (χ1v) is 12.9. The van der Waals surface area contributed by atoms with E-state index in [1.165, 1.54) is 0 Å². The highest BCUT2D eigenvalue weighted by molar-refractivity contribution is 6.03. The first-order valence-electron chi connectivity index (χ1n) is 12.9. The third-order valence-electron chi connectivity index (χ3n) is 6.76. The topological polar surface area (TPSA) is 101 Å². The van der Waals surface area contributed by atoms with E-state index in [4.69, 9.17) is 14.5 Å². The van der Waals surface area contributed by atoms with Crippen LogP contribution in [0.15, 0.2) is 54.9 Å². The average Bonchev–Trinajstić information content (AvgIpc) is 3.55. The molecule has 0 aliphatic carbocycles. The molecule has 1 unspecified atom stereocenters. The van der Waals surface area contributed by atoms with E-state index in [2.05, 4.69) is 51.3 Å². The number of aliphatic hydroxyl groups is 1. The van der Waals surface area contributed by atoms with Gasteiger partial charge in [-0.3, -0.25) is 14.6 Å². The Kier molecular flexibility index (Phi) is 6.14. The first kappa shape index (κ1) is 24.5. The summed E-state index contributed by atoms with van der Waals surface area (Å²) in [7, 11) is 0. The molecule has 0 saturated carbocycles. The number of H-pyrrole nitrogens is 1. The fourth-order valence-corrected chi connectivity index (χ4v) is 5.06. The Labute approximate surface area is 221 Å². The Balaban J connectivity index is 1.65. The van der Waals surface area contributed by atoms with E-state index < -0.39 is 12.0 Å². The molecule has 0 radical (unpaired) electrons. The van der Waals surface area contributed by atoms with Crippen molar-refractivity contribution in [2.24, 2.45) is 0 Å². The molecule has 1 aliphatic heterocycles. The molecule has 1 fully saturated rings. The van der Waals surface area contributed by atoms with Gasteiger partial charge in [-0.15, -0.1) is 0 Å². The van der Waals surface area contributed by atoms with Crippen molar-refractivity contribution >= 4 is 27.6 Å². The summed E-state index contributed by atoms with van der Waals surface area (Å²) in [5.41, 5.74) is 5.54. The van der Waals surface area contributed by atoms with Crippen molar-refractivity contribution in [2.45, 2.75) is 39.7 Å². The maximum absolute atomic E-state index is 11.4. The molecule has 5 aromatic rings. The molecule has 1 atom stereocenters. The van der Waals surface area contributed by atoms with Gasteiger partial charge in [-0.2, -0.15) is 5.10 Å². The van der Waals surface area contributed by atoms with Gasteiger partial charge in [0.15, 0.2) is 0 Å². The molecule has 1 saturated heterocycles. The number of benzene rings is 1. The number of morpholine rings is 1. The van der Waals surface area contributed by atoms with Crippen LogP contribution in [-0.2, 0) is 9.47 Å². The average molecular weight is 513 g/mol. The van der Waals surface area contributed by atoms with Crippen molar-refractivity contribution in [1.29, 1.82) is 0 Å². The van der Waals surface area contributed by atoms with Gasteiger partial charge in [0.1, 0.15) is 17.0 Å². The van der Waals surface area contributed by atoms with Crippen LogP contribution in [0.1, 0.15) is 32.7 Å². The van der Waals surface area contributed by atoms with Crippen LogP contribution in [0.5, 0.6) is 0 Å². The lowest BCUT2D eigenvalue weighted by Gasteiger charge is -2.29. The number of hydrogen-bond donors (Lipinski definition) is 2. The number of aryl methyl sites for hydroxylation is 1. The van der Waals surface area contributed by atoms with E-state index in [-0.39, 0.29) is 0 Å². The molecule has 4 aromatic heterocycles. The van der Waals surface area contributed by atoms with Crippen LogP contribution < -0.4 is 4.90 Å². The van der Waals surface area contributed by atoms with Gasteiger partial charge in [0, 0.05) is 41.8 Å². The number of rotatable bonds is 5. The Hall–Kier alpha value is -3.79. The van der Waals surface area contributed by atoms with Crippen LogP contribution in [0.3, 0.4) is 0 Å². The summed E-state index contributed by atoms with van der Waals surface area (Å²) in [6.45, 7) is 10.7. The lowest BCUT2D eigenvalue weighted by Crippen LogP contribution is -2.36. The summed E-state index contributed by atoms with van der Waals surface area (Å²) in [5, 5.41) is 20.5. The molecular formula is C29H32N6O3. The molecule has 2 N–H and O–H groups in total. The lowest BCUT2D eigenvalue weighted by atomic mass is 10.0. The summed E-state index contributed by atoms with van der Waals surface area (Å²) in [6.07, 6.45) is 2.31. The third-order valence-corrected chi connectivity index (χ3v) is 6.76. The Bertz CT molecular complexity index is 1600. The Morgan fingerprint density at radius 1 is 1.05 bits per heavy atom. The normalized spacial score (nSPS) is 15.4. The van der Waals surface area contributed by atoms with Gasteiger partial charge in [0.25, 0.3) is 0 Å². The number of aliphatic hydroxyl groups excluding tert-OH is 1. The van der Waals surface area contributed by atoms with Gasteiger partial charge in [0.2, 0.25) is 6.41 Å². The second kappa shape index (κ2) is 9.50. The summed E-state index contributed by atoms with van der Waals surface area (Å²) >= 11 is 0. The van der Waals surface area contributed by atoms with Crippen molar-refractivity contribution in [2.75, 3.05) is 31.2 Å². The van der Waals surface area contributed by atoms with Crippen molar-refractivity contribution in [1.82, 2.24) is 24.7 Å². The molecule has 5 heterocycles. The number of fused-ring (bicyclic) bond motifs is 2. The number of nitrogens with zero attached hydrogens (tertiary/aromatic N) is 5. The molecule has 196 valence electrons. The summed E-state index contributed by atoms with van der Waals surface area (Å²) in [4.78, 5) is 12.0. The number of anilines is 1. The van der Waals surface area contributed by atoms with Crippen LogP contribution in [0, 0.1) is 6.92 Å². The highest BCUT2D eigenvalue weighted by Crippen LogP contribution is 2.39. The monoisotopic (exact) mass is 512 g/mol. The summed E-state index contributed by atoms with van der Waals surface area (Å²) < 4.78 is 13.5. The predicted molar refractivity (Wildman–Crippen MR) is 148 cm³/mol. The van der Waals surface area contributed by atoms with Crippen molar-refractivity contribution < 1.29 is 14.6 Å². The molecule has 38 heavy (non-hydrogen) atoms. The van der Waals surface area contributed by atoms with Gasteiger partial charge in [-0.05, 0) is 64.1 Å². The number of aromatic nitrogens is 5. The molecule has 6 rings (SSSR count). The number of hydrogen-bond acceptors (Lipinski definition) is 7. The van der Waals surface area contributed by atoms with Crippen LogP contribution in [0.25, 0.3) is 44.5 Å². The number of nitrogens with one attached hydrogen (secondary N) is 1. The second-order valence-electron chi connectivity index (χ2n) is 10.7. The van der Waals surface area contributed by atoms with E-state index in [1.807, 2.05) is 43.5 Å². The fourth-order valence-electron chi connectivity index (χ4n) is 5.06. The number of pyridine rings is 2. The SMILES string of the molecule is Cc1ccc2c(c1)cc(-c1cc(N3CCOCC3)nc3c(-c4ccn[nH]4)nccc13)n2C(O)OC(C)(C)C. The van der Waals surface area contributed by atoms with Gasteiger partial charge in [-0.25, -0.2) is 4.98 Å². The summed E-state index contributed by atoms with van der Waals surface area (Å²) in [6, 6.07) is 14.3. The molecule has 0 amide bonds. The van der Waals surface area contributed by atoms with Crippen molar-refractivity contribution in [3.8, 4) is 22.6 Å². The zero-order valence-corrected chi connectivity index (χ0v) is 22.1. The molecular weight excluding hydrogens is 480 g/mol. The third kappa shape index (κ3) is 4.53. The van der Waals surface area contributed by atoms with Crippen LogP contribution in [-0.4, -0.2) is 61.7 Å². The smallest absolute Gasteiger partial charge is 0.242 e. The quantitative estimate of drug-likeness (QED) is 0.318. The summed E-state index contributed by atoms with van der Waals surface area (Å²) in [5.74, 6) is 0.837. The lowest BCUT2D eigenvalue weighted by molar-refractivity contribution is -0.207. The molecule has 1 aliphatic rings. The number of ether oxygens (including phenoxy) is 2. The van der Waals surface area contributed by atoms with E-state index in [9.17, 15) is 5.11 Å². The van der Waals surface area contributed by atoms with Gasteiger partial charge >= 0.3 is 0 Å². The van der Waals surface area contributed by atoms with Crippen LogP contribution >= 0.6 is 0 Å². The number of aromatic amines is 1. The van der Waals surface area contributed by atoms with Gasteiger partial charge < -0.3 is 19.5 Å². The molecule has 0 spiro atoms. The van der Waals surface area contributed by atoms with E-state index >= 15 is 0 Å². The minimum absolute atomic E-state index is 0.547. The molecule has 0 bridgehead atoms. The second-order valence-corrected chi connectivity index (χ2v) is 10.7. The van der Waals surface area contributed by atoms with E-state index in [0.29, 0.717) is 13.2 Å². The van der Waals surface area contributed by atoms with Crippen molar-refractivity contribution in [3.63, 3.8) is 0 Å². The van der Waals surface area contributed by atoms with Gasteiger partial charge in [0.05, 0.1) is 35.7 Å². The first-order chi connectivity index (χ1) is 18.3. The minimum atomic E-state index is -1.19. The molecule has 1 aromatic carbocycles. The van der Waals surface area contributed by atoms with Crippen LogP contribution in [0.2, 0.25) is 0 Å². The molecule has 9 heteroatoms. The fraction of sp³-hybridized carbons (Fsp3) is 0.345. The van der Waals surface area contributed by atoms with Crippen molar-refractivity contribution in [3.05, 3.63) is 60.4 Å². The zero-order valence-electron chi connectivity index (χ0n) is 22.1. The van der Waals surface area contributed by atoms with E-state index in [1.54, 1.807) is 12.4 Å². The Morgan fingerprint density at radius 2 is 1.87 bits per heavy atom. The molecule has 9 nitrogen and oxygen atoms in total. The van der Waals surface area contributed by atoms with Crippen LogP contribution in [0.4, 0.5) is 5.82 Å². The zero-order chi connectivity index (χ0) is 26.4. The van der Waals surface area contributed by atoms with Gasteiger partial charge in [-0.1, -0.05) is 11.6 Å². The predicted octanol–water partition coefficient (Wildman–Crippen LogP) is 5.05. The maximum Gasteiger partial charge on any atom is 0.242 e. The largest absolute Gasteiger partial charge is 0.378 e. The highest BCUT2D eigenvalue weighted by Gasteiger charge is 2.26. The highest BCUT2D eigenvalue weighted by atomic mass is 16.6. The Morgan fingerprint density at radius 3 is 2.61 bits per heavy atom. The van der Waals surface area contributed by atoms with E-state index in [0.717, 1.165) is 68.9 Å². The maximum atomic E-state index is 11.4. The standard InChI is InChI=1S/C29H32N6O3/c1-18-5-6-23-19(15-18)16-24(35(23)28(36)38-29(2,3)4)21-17-25(34-11-13-37-14-12-34)32-26-20(21)7-9-30-27(26)22-8-10-31-33-22/h5-10,15-17,28,36H,11-14H2,1-4H3,(H,31,33). The minimum Gasteiger partial charge on any atom is -0.378 e.